The van der Waals surface area contributed by atoms with Crippen LogP contribution in [0.15, 0.2) is 78.4 Å². The summed E-state index contributed by atoms with van der Waals surface area (Å²) in [5, 5.41) is 4.66. The summed E-state index contributed by atoms with van der Waals surface area (Å²) in [5.74, 6) is -0.864. The Kier molecular flexibility index (Phi) is 7.09. The highest BCUT2D eigenvalue weighted by Crippen LogP contribution is 2.38. The van der Waals surface area contributed by atoms with Crippen molar-refractivity contribution >= 4 is 52.0 Å². The van der Waals surface area contributed by atoms with E-state index in [4.69, 9.17) is 21.1 Å². The molecule has 1 aliphatic heterocycles. The predicted octanol–water partition coefficient (Wildman–Crippen LogP) is 6.36. The van der Waals surface area contributed by atoms with Gasteiger partial charge < -0.3 is 9.47 Å². The molecule has 0 aliphatic carbocycles. The van der Waals surface area contributed by atoms with Crippen LogP contribution in [0.2, 0.25) is 5.02 Å². The summed E-state index contributed by atoms with van der Waals surface area (Å²) in [6.45, 7) is 4.18. The number of hydrogen-bond donors (Lipinski definition) is 1. The number of aryl methyl sites for hydroxylation is 2. The molecule has 0 aromatic heterocycles. The van der Waals surface area contributed by atoms with Crippen LogP contribution in [0.3, 0.4) is 0 Å². The smallest absolute Gasteiger partial charge is 0.335 e. The number of imide groups is 2. The molecular formula is C31H25ClN2O5. The summed E-state index contributed by atoms with van der Waals surface area (Å²) in [6, 6.07) is 21.4. The Morgan fingerprint density at radius 2 is 1.69 bits per heavy atom. The number of carbonyl (C=O) groups is 3. The summed E-state index contributed by atoms with van der Waals surface area (Å²) in [5.41, 5.74) is 3.65. The molecule has 5 rings (SSSR count). The number of fused-ring (bicyclic) bond motifs is 1. The standard InChI is InChI=1S/C31H25ClN2O5/c1-18-8-12-22(13-9-18)34-30(36)24(29(35)33-31(34)37)14-20-15-26(32)28(27(16-20)38-3)39-17-25-19(2)10-11-21-6-4-5-7-23(21)25/h4-16H,17H2,1-3H3,(H,33,35,37)/b24-14+. The van der Waals surface area contributed by atoms with E-state index in [1.807, 2.05) is 44.2 Å². The molecule has 4 aromatic carbocycles. The van der Waals surface area contributed by atoms with E-state index >= 15 is 0 Å². The van der Waals surface area contributed by atoms with Gasteiger partial charge in [0.2, 0.25) is 0 Å². The first-order valence-corrected chi connectivity index (χ1v) is 12.6. The SMILES string of the molecule is COc1cc(/C=C2\C(=O)NC(=O)N(c3ccc(C)cc3)C2=O)cc(Cl)c1OCc1c(C)ccc2ccccc12. The van der Waals surface area contributed by atoms with Crippen molar-refractivity contribution in [2.75, 3.05) is 12.0 Å². The number of hydrogen-bond acceptors (Lipinski definition) is 5. The lowest BCUT2D eigenvalue weighted by molar-refractivity contribution is -0.122. The molecule has 4 amide bonds. The van der Waals surface area contributed by atoms with E-state index in [0.29, 0.717) is 22.7 Å². The summed E-state index contributed by atoms with van der Waals surface area (Å²) < 4.78 is 11.7. The van der Waals surface area contributed by atoms with E-state index in [1.54, 1.807) is 36.4 Å². The molecule has 8 heteroatoms. The maximum Gasteiger partial charge on any atom is 0.335 e. The first kappa shape index (κ1) is 26.0. The molecule has 1 fully saturated rings. The fourth-order valence-electron chi connectivity index (χ4n) is 4.50. The van der Waals surface area contributed by atoms with Crippen molar-refractivity contribution in [2.45, 2.75) is 20.5 Å². The van der Waals surface area contributed by atoms with Crippen molar-refractivity contribution in [3.05, 3.63) is 106 Å². The van der Waals surface area contributed by atoms with Gasteiger partial charge in [-0.25, -0.2) is 9.69 Å². The van der Waals surface area contributed by atoms with Gasteiger partial charge in [-0.3, -0.25) is 14.9 Å². The minimum absolute atomic E-state index is 0.214. The number of halogens is 1. The van der Waals surface area contributed by atoms with Crippen LogP contribution < -0.4 is 19.7 Å². The van der Waals surface area contributed by atoms with Gasteiger partial charge in [0.15, 0.2) is 11.5 Å². The molecule has 39 heavy (non-hydrogen) atoms. The van der Waals surface area contributed by atoms with E-state index in [0.717, 1.165) is 32.4 Å². The highest BCUT2D eigenvalue weighted by molar-refractivity contribution is 6.39. The zero-order chi connectivity index (χ0) is 27.7. The van der Waals surface area contributed by atoms with Gasteiger partial charge >= 0.3 is 6.03 Å². The van der Waals surface area contributed by atoms with Crippen LogP contribution in [-0.2, 0) is 16.2 Å². The predicted molar refractivity (Wildman–Crippen MR) is 151 cm³/mol. The van der Waals surface area contributed by atoms with Crippen LogP contribution in [0.25, 0.3) is 16.8 Å². The van der Waals surface area contributed by atoms with Gasteiger partial charge in [0.05, 0.1) is 17.8 Å². The number of anilines is 1. The molecule has 1 N–H and O–H groups in total. The zero-order valence-electron chi connectivity index (χ0n) is 21.6. The Hall–Kier alpha value is -4.62. The van der Waals surface area contributed by atoms with E-state index in [1.165, 1.54) is 13.2 Å². The Balaban J connectivity index is 1.45. The Morgan fingerprint density at radius 3 is 2.44 bits per heavy atom. The van der Waals surface area contributed by atoms with Gasteiger partial charge in [0.25, 0.3) is 11.8 Å². The lowest BCUT2D eigenvalue weighted by Crippen LogP contribution is -2.54. The number of amides is 4. The second-order valence-electron chi connectivity index (χ2n) is 9.20. The Labute approximate surface area is 230 Å². The maximum atomic E-state index is 13.2. The maximum absolute atomic E-state index is 13.2. The largest absolute Gasteiger partial charge is 0.493 e. The van der Waals surface area contributed by atoms with Crippen LogP contribution in [0, 0.1) is 13.8 Å². The second-order valence-corrected chi connectivity index (χ2v) is 9.61. The summed E-state index contributed by atoms with van der Waals surface area (Å²) in [7, 11) is 1.48. The van der Waals surface area contributed by atoms with Crippen LogP contribution in [0.5, 0.6) is 11.5 Å². The normalized spacial score (nSPS) is 14.6. The molecule has 196 valence electrons. The third-order valence-corrected chi connectivity index (χ3v) is 6.87. The Bertz CT molecular complexity index is 1660. The molecular weight excluding hydrogens is 516 g/mol. The highest BCUT2D eigenvalue weighted by Gasteiger charge is 2.36. The number of carbonyl (C=O) groups excluding carboxylic acids is 3. The Morgan fingerprint density at radius 1 is 0.949 bits per heavy atom. The second kappa shape index (κ2) is 10.6. The van der Waals surface area contributed by atoms with Crippen molar-refractivity contribution in [3.8, 4) is 11.5 Å². The highest BCUT2D eigenvalue weighted by atomic mass is 35.5. The summed E-state index contributed by atoms with van der Waals surface area (Å²) >= 11 is 6.61. The van der Waals surface area contributed by atoms with Crippen LogP contribution in [-0.4, -0.2) is 25.0 Å². The molecule has 0 spiro atoms. The molecule has 0 saturated carbocycles. The van der Waals surface area contributed by atoms with Crippen molar-refractivity contribution in [1.82, 2.24) is 5.32 Å². The molecule has 0 bridgehead atoms. The number of barbiturate groups is 1. The molecule has 1 heterocycles. The molecule has 0 atom stereocenters. The van der Waals surface area contributed by atoms with Crippen LogP contribution in [0.4, 0.5) is 10.5 Å². The van der Waals surface area contributed by atoms with E-state index < -0.39 is 17.8 Å². The molecule has 1 saturated heterocycles. The fourth-order valence-corrected chi connectivity index (χ4v) is 4.77. The number of benzene rings is 4. The van der Waals surface area contributed by atoms with Crippen LogP contribution >= 0.6 is 11.6 Å². The van der Waals surface area contributed by atoms with E-state index in [2.05, 4.69) is 11.4 Å². The van der Waals surface area contributed by atoms with Crippen molar-refractivity contribution in [3.63, 3.8) is 0 Å². The van der Waals surface area contributed by atoms with E-state index in [-0.39, 0.29) is 17.2 Å². The molecule has 0 radical (unpaired) electrons. The monoisotopic (exact) mass is 540 g/mol. The minimum Gasteiger partial charge on any atom is -0.493 e. The minimum atomic E-state index is -0.811. The first-order chi connectivity index (χ1) is 18.8. The first-order valence-electron chi connectivity index (χ1n) is 12.2. The quantitative estimate of drug-likeness (QED) is 0.227. The number of methoxy groups -OCH3 is 1. The lowest BCUT2D eigenvalue weighted by atomic mass is 10.0. The number of ether oxygens (including phenoxy) is 2. The van der Waals surface area contributed by atoms with Gasteiger partial charge in [-0.1, -0.05) is 65.7 Å². The van der Waals surface area contributed by atoms with Crippen molar-refractivity contribution in [2.24, 2.45) is 0 Å². The topological polar surface area (TPSA) is 84.9 Å². The van der Waals surface area contributed by atoms with Crippen LogP contribution in [0.1, 0.15) is 22.3 Å². The molecule has 7 nitrogen and oxygen atoms in total. The number of nitrogens with one attached hydrogen (secondary N) is 1. The van der Waals surface area contributed by atoms with Gasteiger partial charge in [0, 0.05) is 5.56 Å². The third-order valence-electron chi connectivity index (χ3n) is 6.59. The summed E-state index contributed by atoms with van der Waals surface area (Å²) in [6.07, 6.45) is 1.37. The number of nitrogens with zero attached hydrogens (tertiary/aromatic N) is 1. The van der Waals surface area contributed by atoms with Crippen molar-refractivity contribution < 1.29 is 23.9 Å². The van der Waals surface area contributed by atoms with Gasteiger partial charge in [-0.05, 0) is 66.1 Å². The lowest BCUT2D eigenvalue weighted by Gasteiger charge is -2.26. The molecule has 4 aromatic rings. The number of rotatable bonds is 6. The third kappa shape index (κ3) is 5.09. The summed E-state index contributed by atoms with van der Waals surface area (Å²) in [4.78, 5) is 39.3. The average Bonchev–Trinajstić information content (AvgIpc) is 2.92. The van der Waals surface area contributed by atoms with Gasteiger partial charge in [-0.15, -0.1) is 0 Å². The fraction of sp³-hybridized carbons (Fsp3) is 0.129. The van der Waals surface area contributed by atoms with Gasteiger partial charge in [0.1, 0.15) is 12.2 Å². The molecule has 0 unspecified atom stereocenters. The number of urea groups is 1. The van der Waals surface area contributed by atoms with Gasteiger partial charge in [-0.2, -0.15) is 0 Å². The van der Waals surface area contributed by atoms with E-state index in [9.17, 15) is 14.4 Å². The molecule has 1 aliphatic rings. The average molecular weight is 541 g/mol. The zero-order valence-corrected chi connectivity index (χ0v) is 22.3. The van der Waals surface area contributed by atoms with Crippen molar-refractivity contribution in [1.29, 1.82) is 0 Å².